The van der Waals surface area contributed by atoms with Gasteiger partial charge >= 0.3 is 18.2 Å². The van der Waals surface area contributed by atoms with Gasteiger partial charge in [0.1, 0.15) is 35.7 Å². The molecule has 1 amide bonds. The summed E-state index contributed by atoms with van der Waals surface area (Å²) in [5.41, 5.74) is -0.514. The van der Waals surface area contributed by atoms with Crippen LogP contribution < -0.4 is 9.04 Å². The fourth-order valence-corrected chi connectivity index (χ4v) is 9.76. The molecule has 1 heterocycles. The molecule has 0 aliphatic rings. The van der Waals surface area contributed by atoms with Gasteiger partial charge < -0.3 is 32.8 Å². The Morgan fingerprint density at radius 3 is 2.02 bits per heavy atom. The van der Waals surface area contributed by atoms with Crippen LogP contribution in [0.4, 0.5) is 15.3 Å². The second kappa shape index (κ2) is 20.0. The SMILES string of the molecule is CCc1nn(C(=O)OC(C)(C)C)c2cc(OCCN(CC(O[Si](CC)(CC)CC)c3ccc(Cl)c(N(CC(=O)OC(C)(C)C)S(=O)[O-])c3)C(=O)OC(C)(C)C)ccc12. The van der Waals surface area contributed by atoms with Crippen molar-refractivity contribution in [2.45, 2.75) is 137 Å². The number of carbonyl (C=O) groups excluding carboxylic acids is 3. The minimum atomic E-state index is -2.89. The molecule has 2 unspecified atom stereocenters. The molecule has 0 N–H and O–H groups in total. The predicted octanol–water partition coefficient (Wildman–Crippen LogP) is 9.36. The summed E-state index contributed by atoms with van der Waals surface area (Å²) in [7, 11) is -2.38. The van der Waals surface area contributed by atoms with Crippen LogP contribution in [0.15, 0.2) is 36.4 Å². The number of rotatable bonds is 17. The van der Waals surface area contributed by atoms with Crippen LogP contribution in [0.3, 0.4) is 0 Å². The fourth-order valence-electron chi connectivity index (χ4n) is 6.15. The number of benzene rings is 2. The molecule has 0 radical (unpaired) electrons. The summed E-state index contributed by atoms with van der Waals surface area (Å²) >= 11 is 3.70. The molecule has 0 saturated carbocycles. The van der Waals surface area contributed by atoms with E-state index in [-0.39, 0.29) is 30.4 Å². The highest BCUT2D eigenvalue weighted by atomic mass is 35.5. The number of halogens is 1. The van der Waals surface area contributed by atoms with Gasteiger partial charge in [0.15, 0.2) is 8.32 Å². The first-order valence-electron chi connectivity index (χ1n) is 19.8. The molecule has 2 aromatic carbocycles. The highest BCUT2D eigenvalue weighted by Gasteiger charge is 2.35. The highest BCUT2D eigenvalue weighted by Crippen LogP contribution is 2.36. The van der Waals surface area contributed by atoms with E-state index in [1.807, 2.05) is 13.0 Å². The van der Waals surface area contributed by atoms with Crippen molar-refractivity contribution in [3.05, 3.63) is 52.7 Å². The van der Waals surface area contributed by atoms with Gasteiger partial charge in [-0.05, 0) is 117 Å². The third-order valence-electron chi connectivity index (χ3n) is 9.11. The van der Waals surface area contributed by atoms with Gasteiger partial charge in [-0.1, -0.05) is 45.4 Å². The van der Waals surface area contributed by atoms with E-state index in [4.69, 9.17) is 35.0 Å². The molecule has 2 atom stereocenters. The van der Waals surface area contributed by atoms with E-state index in [0.717, 1.165) is 33.5 Å². The quantitative estimate of drug-likeness (QED) is 0.0550. The zero-order chi connectivity index (χ0) is 43.8. The summed E-state index contributed by atoms with van der Waals surface area (Å²) in [6, 6.07) is 12.6. The summed E-state index contributed by atoms with van der Waals surface area (Å²) in [4.78, 5) is 41.3. The number of aryl methyl sites for hydroxylation is 1. The average Bonchev–Trinajstić information content (AvgIpc) is 3.48. The lowest BCUT2D eigenvalue weighted by Gasteiger charge is -2.37. The maximum atomic E-state index is 13.9. The van der Waals surface area contributed by atoms with Gasteiger partial charge in [0.2, 0.25) is 0 Å². The van der Waals surface area contributed by atoms with E-state index >= 15 is 0 Å². The number of esters is 1. The Morgan fingerprint density at radius 2 is 1.48 bits per heavy atom. The van der Waals surface area contributed by atoms with Crippen molar-refractivity contribution >= 4 is 65.9 Å². The number of carbonyl (C=O) groups is 3. The van der Waals surface area contributed by atoms with Gasteiger partial charge in [-0.2, -0.15) is 9.78 Å². The third-order valence-corrected chi connectivity index (χ3v) is 14.8. The maximum absolute atomic E-state index is 13.9. The van der Waals surface area contributed by atoms with Gasteiger partial charge in [0, 0.05) is 22.7 Å². The molecule has 0 saturated heterocycles. The first-order chi connectivity index (χ1) is 26.8. The zero-order valence-corrected chi connectivity index (χ0v) is 38.9. The molecule has 0 aliphatic heterocycles. The smallest absolute Gasteiger partial charge is 0.435 e. The molecule has 17 heteroatoms. The van der Waals surface area contributed by atoms with Gasteiger partial charge in [-0.25, -0.2) is 9.59 Å². The van der Waals surface area contributed by atoms with E-state index in [1.54, 1.807) is 92.6 Å². The summed E-state index contributed by atoms with van der Waals surface area (Å²) in [5.74, 6) is -0.306. The Bertz CT molecular complexity index is 1910. The Kier molecular flexibility index (Phi) is 16.8. The van der Waals surface area contributed by atoms with Crippen LogP contribution in [0, 0.1) is 0 Å². The van der Waals surface area contributed by atoms with E-state index in [0.29, 0.717) is 23.3 Å². The zero-order valence-electron chi connectivity index (χ0n) is 36.4. The van der Waals surface area contributed by atoms with Gasteiger partial charge in [0.25, 0.3) is 0 Å². The van der Waals surface area contributed by atoms with Crippen molar-refractivity contribution < 1.29 is 46.5 Å². The maximum Gasteiger partial charge on any atom is 0.435 e. The third kappa shape index (κ3) is 14.0. The second-order valence-electron chi connectivity index (χ2n) is 17.0. The summed E-state index contributed by atoms with van der Waals surface area (Å²) in [6.07, 6.45) is -1.36. The van der Waals surface area contributed by atoms with Crippen LogP contribution >= 0.6 is 11.6 Å². The topological polar surface area (TPSA) is 162 Å². The Balaban J connectivity index is 2.04. The molecule has 3 aromatic rings. The van der Waals surface area contributed by atoms with Crippen LogP contribution in [0.2, 0.25) is 23.2 Å². The fraction of sp³-hybridized carbons (Fsp3) is 0.610. The molecule has 324 valence electrons. The molecular weight excluding hydrogens is 804 g/mol. The highest BCUT2D eigenvalue weighted by molar-refractivity contribution is 7.80. The number of aromatic nitrogens is 2. The number of amides is 1. The van der Waals surface area contributed by atoms with Crippen LogP contribution in [0.5, 0.6) is 5.75 Å². The normalized spacial score (nSPS) is 13.5. The predicted molar refractivity (Wildman–Crippen MR) is 229 cm³/mol. The summed E-state index contributed by atoms with van der Waals surface area (Å²) in [6.45, 7) is 23.5. The lowest BCUT2D eigenvalue weighted by Crippen LogP contribution is -2.45. The van der Waals surface area contributed by atoms with Crippen molar-refractivity contribution in [1.29, 1.82) is 0 Å². The number of fused-ring (bicyclic) bond motifs is 1. The Labute approximate surface area is 352 Å². The van der Waals surface area contributed by atoms with Crippen LogP contribution in [0.1, 0.15) is 107 Å². The molecule has 0 spiro atoms. The van der Waals surface area contributed by atoms with Crippen molar-refractivity contribution in [3.63, 3.8) is 0 Å². The number of nitrogens with zero attached hydrogens (tertiary/aromatic N) is 4. The number of hydrogen-bond donors (Lipinski definition) is 0. The van der Waals surface area contributed by atoms with Crippen molar-refractivity contribution in [1.82, 2.24) is 14.7 Å². The monoisotopic (exact) mass is 865 g/mol. The molecule has 0 bridgehead atoms. The molecular formula is C41H62ClN4O10SSi-. The number of ether oxygens (including phenoxy) is 4. The second-order valence-corrected chi connectivity index (χ2v) is 23.1. The van der Waals surface area contributed by atoms with Crippen molar-refractivity contribution in [3.8, 4) is 5.75 Å². The van der Waals surface area contributed by atoms with Crippen LogP contribution in [-0.4, -0.2) is 93.0 Å². The molecule has 1 aromatic heterocycles. The van der Waals surface area contributed by atoms with E-state index in [2.05, 4.69) is 25.9 Å². The molecule has 0 aliphatic carbocycles. The Hall–Kier alpha value is -3.70. The van der Waals surface area contributed by atoms with Crippen LogP contribution in [0.25, 0.3) is 10.9 Å². The van der Waals surface area contributed by atoms with E-state index < -0.39 is 67.2 Å². The summed E-state index contributed by atoms with van der Waals surface area (Å²) < 4.78 is 57.3. The average molecular weight is 867 g/mol. The van der Waals surface area contributed by atoms with Gasteiger partial charge in [0.05, 0.1) is 41.1 Å². The largest absolute Gasteiger partial charge is 0.755 e. The number of hydrogen-bond acceptors (Lipinski definition) is 11. The van der Waals surface area contributed by atoms with E-state index in [9.17, 15) is 23.1 Å². The van der Waals surface area contributed by atoms with Gasteiger partial charge in [-0.3, -0.25) is 13.3 Å². The van der Waals surface area contributed by atoms with E-state index in [1.165, 1.54) is 9.58 Å². The number of anilines is 1. The molecule has 58 heavy (non-hydrogen) atoms. The molecule has 14 nitrogen and oxygen atoms in total. The molecule has 3 rings (SSSR count). The van der Waals surface area contributed by atoms with Crippen molar-refractivity contribution in [2.75, 3.05) is 30.5 Å². The van der Waals surface area contributed by atoms with Gasteiger partial charge in [-0.15, -0.1) is 0 Å². The minimum Gasteiger partial charge on any atom is -0.755 e. The molecule has 0 fully saturated rings. The lowest BCUT2D eigenvalue weighted by molar-refractivity contribution is -0.152. The Morgan fingerprint density at radius 1 is 0.879 bits per heavy atom. The lowest BCUT2D eigenvalue weighted by atomic mass is 10.1. The minimum absolute atomic E-state index is 0.0188. The first-order valence-corrected chi connectivity index (χ1v) is 23.7. The van der Waals surface area contributed by atoms with Crippen LogP contribution in [-0.2, 0) is 41.1 Å². The van der Waals surface area contributed by atoms with Crippen molar-refractivity contribution in [2.24, 2.45) is 0 Å². The standard InChI is InChI=1S/C41H63ClN4O10SSi/c1-14-32-30-20-19-29(25-33(30)46(43-32)38(49)55-41(11,12)13)52-23-22-44(37(48)54-40(8,9)10)26-35(56-58(15-2,16-3)17-4)28-18-21-31(42)34(24-28)45(57(50)51)27-36(47)53-39(5,6)7/h18-21,24-25,35H,14-17,22-23,26-27H2,1-13H3,(H,50,51)/p-1. The summed E-state index contributed by atoms with van der Waals surface area (Å²) in [5, 5.41) is 5.39. The first kappa shape index (κ1) is 48.7.